The van der Waals surface area contributed by atoms with Crippen molar-refractivity contribution in [2.45, 2.75) is 32.9 Å². The molecule has 3 aromatic rings. The SMILES string of the molecule is CC(c1cn(C(C)C)c(=O)c2ccccc12)N(C)C(=O)Nc1ccc(F)c(Cl)c1.NC(N)=O. The minimum Gasteiger partial charge on any atom is -0.352 e. The number of primary amides is 2. The molecule has 0 spiro atoms. The minimum atomic E-state index is -0.833. The van der Waals surface area contributed by atoms with Crippen molar-refractivity contribution in [3.8, 4) is 0 Å². The van der Waals surface area contributed by atoms with E-state index >= 15 is 0 Å². The van der Waals surface area contributed by atoms with E-state index in [-0.39, 0.29) is 28.7 Å². The number of hydrogen-bond acceptors (Lipinski definition) is 3. The van der Waals surface area contributed by atoms with Crippen LogP contribution in [-0.4, -0.2) is 28.6 Å². The van der Waals surface area contributed by atoms with Gasteiger partial charge in [0.1, 0.15) is 5.82 Å². The number of rotatable bonds is 4. The molecule has 1 unspecified atom stereocenters. The van der Waals surface area contributed by atoms with Crippen LogP contribution >= 0.6 is 11.6 Å². The van der Waals surface area contributed by atoms with Crippen LogP contribution < -0.4 is 22.3 Å². The van der Waals surface area contributed by atoms with Crippen molar-refractivity contribution in [3.05, 3.63) is 75.4 Å². The van der Waals surface area contributed by atoms with Crippen LogP contribution in [0.25, 0.3) is 10.8 Å². The lowest BCUT2D eigenvalue weighted by molar-refractivity contribution is 0.208. The third kappa shape index (κ3) is 6.23. The van der Waals surface area contributed by atoms with Gasteiger partial charge < -0.3 is 26.3 Å². The van der Waals surface area contributed by atoms with Crippen LogP contribution in [0.4, 0.5) is 19.7 Å². The van der Waals surface area contributed by atoms with E-state index in [1.54, 1.807) is 17.7 Å². The van der Waals surface area contributed by atoms with Crippen molar-refractivity contribution in [2.24, 2.45) is 11.5 Å². The van der Waals surface area contributed by atoms with Gasteiger partial charge in [-0.05, 0) is 56.0 Å². The third-order valence-electron chi connectivity index (χ3n) is 5.06. The summed E-state index contributed by atoms with van der Waals surface area (Å²) in [5.41, 5.74) is 9.71. The fourth-order valence-corrected chi connectivity index (χ4v) is 3.41. The van der Waals surface area contributed by atoms with E-state index < -0.39 is 11.8 Å². The summed E-state index contributed by atoms with van der Waals surface area (Å²) in [6.45, 7) is 5.78. The Morgan fingerprint density at radius 1 is 1.09 bits per heavy atom. The fraction of sp³-hybridized carbons (Fsp3) is 0.261. The fourth-order valence-electron chi connectivity index (χ4n) is 3.22. The van der Waals surface area contributed by atoms with Gasteiger partial charge in [-0.15, -0.1) is 0 Å². The highest BCUT2D eigenvalue weighted by molar-refractivity contribution is 6.31. The first-order valence-corrected chi connectivity index (χ1v) is 10.5. The molecule has 0 aliphatic heterocycles. The standard InChI is InChI=1S/C22H23ClFN3O2.CH4N2O/c1-13(2)27-12-18(16-7-5-6-8-17(16)21(27)28)14(3)26(4)22(29)25-15-9-10-20(24)19(23)11-15;2-1(3)4/h5-14H,1-4H3,(H,25,29);(H4,2,3,4). The topological polar surface area (TPSA) is 123 Å². The lowest BCUT2D eigenvalue weighted by Crippen LogP contribution is -2.34. The van der Waals surface area contributed by atoms with Crippen LogP contribution in [0.3, 0.4) is 0 Å². The van der Waals surface area contributed by atoms with Crippen LogP contribution in [0.5, 0.6) is 0 Å². The zero-order valence-corrected chi connectivity index (χ0v) is 19.6. The van der Waals surface area contributed by atoms with Gasteiger partial charge in [-0.3, -0.25) is 4.79 Å². The highest BCUT2D eigenvalue weighted by Gasteiger charge is 2.22. The first-order chi connectivity index (χ1) is 15.4. The Morgan fingerprint density at radius 3 is 2.21 bits per heavy atom. The number of halogens is 2. The number of aromatic nitrogens is 1. The number of amides is 4. The summed E-state index contributed by atoms with van der Waals surface area (Å²) in [6, 6.07) is 9.87. The van der Waals surface area contributed by atoms with Gasteiger partial charge in [0.15, 0.2) is 0 Å². The summed E-state index contributed by atoms with van der Waals surface area (Å²) < 4.78 is 15.0. The van der Waals surface area contributed by atoms with Crippen LogP contribution in [-0.2, 0) is 0 Å². The molecule has 3 rings (SSSR count). The monoisotopic (exact) mass is 475 g/mol. The molecule has 8 nitrogen and oxygen atoms in total. The number of nitrogens with zero attached hydrogens (tertiary/aromatic N) is 2. The maximum atomic E-state index is 13.3. The van der Waals surface area contributed by atoms with E-state index in [1.165, 1.54) is 23.1 Å². The normalized spacial score (nSPS) is 11.5. The number of nitrogens with one attached hydrogen (secondary N) is 1. The molecular formula is C23H27ClFN5O3. The lowest BCUT2D eigenvalue weighted by Gasteiger charge is -2.27. The Kier molecular flexibility index (Phi) is 8.42. The summed E-state index contributed by atoms with van der Waals surface area (Å²) in [7, 11) is 1.67. The first-order valence-electron chi connectivity index (χ1n) is 10.1. The number of anilines is 1. The largest absolute Gasteiger partial charge is 0.352 e. The summed E-state index contributed by atoms with van der Waals surface area (Å²) in [5, 5.41) is 4.09. The number of hydrogen-bond donors (Lipinski definition) is 3. The number of carbonyl (C=O) groups excluding carboxylic acids is 2. The number of nitrogens with two attached hydrogens (primary N) is 2. The average molecular weight is 476 g/mol. The summed E-state index contributed by atoms with van der Waals surface area (Å²) in [5.74, 6) is -0.547. The lowest BCUT2D eigenvalue weighted by atomic mass is 10.0. The van der Waals surface area contributed by atoms with Crippen molar-refractivity contribution in [1.29, 1.82) is 0 Å². The first kappa shape index (κ1) is 25.7. The molecule has 5 N–H and O–H groups in total. The molecule has 1 heterocycles. The molecule has 0 aliphatic carbocycles. The Labute approximate surface area is 195 Å². The molecule has 0 saturated heterocycles. The van der Waals surface area contributed by atoms with Crippen molar-refractivity contribution < 1.29 is 14.0 Å². The zero-order chi connectivity index (χ0) is 24.9. The number of carbonyl (C=O) groups is 2. The average Bonchev–Trinajstić information content (AvgIpc) is 2.75. The molecule has 0 bridgehead atoms. The number of benzene rings is 2. The van der Waals surface area contributed by atoms with Crippen molar-refractivity contribution in [1.82, 2.24) is 9.47 Å². The quantitative estimate of drug-likeness (QED) is 0.509. The van der Waals surface area contributed by atoms with E-state index in [1.807, 2.05) is 45.2 Å². The van der Waals surface area contributed by atoms with E-state index in [2.05, 4.69) is 16.8 Å². The van der Waals surface area contributed by atoms with E-state index in [4.69, 9.17) is 16.4 Å². The van der Waals surface area contributed by atoms with E-state index in [0.717, 1.165) is 10.9 Å². The number of fused-ring (bicyclic) bond motifs is 1. The molecule has 0 aliphatic rings. The van der Waals surface area contributed by atoms with Crippen molar-refractivity contribution >= 4 is 40.1 Å². The highest BCUT2D eigenvalue weighted by atomic mass is 35.5. The molecule has 4 amide bonds. The molecular weight excluding hydrogens is 449 g/mol. The summed E-state index contributed by atoms with van der Waals surface area (Å²) in [4.78, 5) is 36.1. The molecule has 0 fully saturated rings. The second kappa shape index (κ2) is 10.8. The predicted octanol–water partition coefficient (Wildman–Crippen LogP) is 4.62. The second-order valence-electron chi connectivity index (χ2n) is 7.68. The molecule has 0 saturated carbocycles. The Morgan fingerprint density at radius 2 is 1.67 bits per heavy atom. The van der Waals surface area contributed by atoms with Gasteiger partial charge in [-0.25, -0.2) is 14.0 Å². The van der Waals surface area contributed by atoms with Gasteiger partial charge in [-0.1, -0.05) is 29.8 Å². The molecule has 0 radical (unpaired) electrons. The highest BCUT2D eigenvalue weighted by Crippen LogP contribution is 2.27. The predicted molar refractivity (Wildman–Crippen MR) is 129 cm³/mol. The minimum absolute atomic E-state index is 0.0152. The van der Waals surface area contributed by atoms with Crippen molar-refractivity contribution in [2.75, 3.05) is 12.4 Å². The number of urea groups is 2. The van der Waals surface area contributed by atoms with Gasteiger partial charge in [-0.2, -0.15) is 0 Å². The molecule has 10 heteroatoms. The summed E-state index contributed by atoms with van der Waals surface area (Å²) >= 11 is 5.79. The summed E-state index contributed by atoms with van der Waals surface area (Å²) in [6.07, 6.45) is 1.82. The molecule has 2 aromatic carbocycles. The van der Waals surface area contributed by atoms with Gasteiger partial charge in [0.2, 0.25) is 0 Å². The van der Waals surface area contributed by atoms with Gasteiger partial charge in [0.25, 0.3) is 5.56 Å². The Hall–Kier alpha value is -3.59. The maximum absolute atomic E-state index is 13.3. The van der Waals surface area contributed by atoms with Crippen LogP contribution in [0, 0.1) is 5.82 Å². The van der Waals surface area contributed by atoms with Gasteiger partial charge in [0, 0.05) is 30.4 Å². The van der Waals surface area contributed by atoms with E-state index in [0.29, 0.717) is 11.1 Å². The molecule has 1 aromatic heterocycles. The van der Waals surface area contributed by atoms with Gasteiger partial charge >= 0.3 is 12.1 Å². The molecule has 1 atom stereocenters. The van der Waals surface area contributed by atoms with Crippen LogP contribution in [0.1, 0.15) is 38.4 Å². The Balaban J connectivity index is 0.000000890. The Bertz CT molecular complexity index is 1220. The third-order valence-corrected chi connectivity index (χ3v) is 5.35. The smallest absolute Gasteiger partial charge is 0.322 e. The molecule has 176 valence electrons. The van der Waals surface area contributed by atoms with Gasteiger partial charge in [0.05, 0.1) is 11.1 Å². The zero-order valence-electron chi connectivity index (χ0n) is 18.8. The van der Waals surface area contributed by atoms with Crippen LogP contribution in [0.2, 0.25) is 5.02 Å². The number of pyridine rings is 1. The maximum Gasteiger partial charge on any atom is 0.322 e. The van der Waals surface area contributed by atoms with E-state index in [9.17, 15) is 14.0 Å². The molecule has 33 heavy (non-hydrogen) atoms. The second-order valence-corrected chi connectivity index (χ2v) is 8.09. The van der Waals surface area contributed by atoms with Crippen LogP contribution in [0.15, 0.2) is 53.5 Å². The van der Waals surface area contributed by atoms with Crippen molar-refractivity contribution in [3.63, 3.8) is 0 Å².